The van der Waals surface area contributed by atoms with Crippen LogP contribution in [0.1, 0.15) is 5.56 Å². The van der Waals surface area contributed by atoms with Crippen LogP contribution < -0.4 is 0 Å². The molecule has 0 aliphatic rings. The molecule has 4 nitrogen and oxygen atoms in total. The van der Waals surface area contributed by atoms with E-state index in [1.165, 1.54) is 62.9 Å². The van der Waals surface area contributed by atoms with Gasteiger partial charge in [-0.2, -0.15) is 0 Å². The average Bonchev–Trinajstić information content (AvgIpc) is 3.95. The molecule has 250 valence electrons. The van der Waals surface area contributed by atoms with Crippen molar-refractivity contribution in [3.05, 3.63) is 175 Å². The summed E-state index contributed by atoms with van der Waals surface area (Å²) in [6, 6.07) is 64.1. The van der Waals surface area contributed by atoms with Crippen LogP contribution in [-0.2, 0) is 0 Å². The van der Waals surface area contributed by atoms with E-state index in [1.807, 2.05) is 12.1 Å². The molecule has 0 aliphatic carbocycles. The number of nitrogens with zero attached hydrogens (tertiary/aromatic N) is 4. The first kappa shape index (κ1) is 29.7. The van der Waals surface area contributed by atoms with Crippen LogP contribution in [0.2, 0.25) is 0 Å². The number of para-hydroxylation sites is 4. The summed E-state index contributed by atoms with van der Waals surface area (Å²) in [6.07, 6.45) is 0. The Kier molecular flexibility index (Phi) is 6.10. The molecular formula is C49H28N4Se. The molecule has 8 aromatic carbocycles. The zero-order chi connectivity index (χ0) is 35.5. The van der Waals surface area contributed by atoms with Gasteiger partial charge in [0.2, 0.25) is 0 Å². The predicted molar refractivity (Wildman–Crippen MR) is 226 cm³/mol. The topological polar surface area (TPSA) is 38.6 Å². The van der Waals surface area contributed by atoms with Gasteiger partial charge in [0.05, 0.1) is 0 Å². The molecule has 0 atom stereocenters. The standard InChI is InChI=1S/C49H28N4Se/c50-29-30-18-21-45-37(24-30)34-12-4-8-16-43(34)52(45)32-19-22-48-40(25-32)41-26-33(20-23-49(41)54-48)53-44-17-9-6-14-36(44)39-27-38-35-13-5-7-15-42(35)51(46(38)28-47(39)53)31-10-2-1-3-11-31/h1-28H. The van der Waals surface area contributed by atoms with Gasteiger partial charge in [-0.25, -0.2) is 0 Å². The molecule has 54 heavy (non-hydrogen) atoms. The molecule has 12 aromatic rings. The van der Waals surface area contributed by atoms with E-state index in [0.29, 0.717) is 5.56 Å². The summed E-state index contributed by atoms with van der Waals surface area (Å²) in [5.74, 6) is 0. The number of rotatable bonds is 3. The molecule has 0 aliphatic heterocycles. The number of hydrogen-bond donors (Lipinski definition) is 0. The summed E-state index contributed by atoms with van der Waals surface area (Å²) in [6.45, 7) is 0. The van der Waals surface area contributed by atoms with E-state index >= 15 is 0 Å². The van der Waals surface area contributed by atoms with E-state index in [1.54, 1.807) is 0 Å². The summed E-state index contributed by atoms with van der Waals surface area (Å²) >= 11 is 0.216. The second-order valence-corrected chi connectivity index (χ2v) is 16.4. The van der Waals surface area contributed by atoms with Crippen LogP contribution >= 0.6 is 0 Å². The molecule has 4 aromatic heterocycles. The summed E-state index contributed by atoms with van der Waals surface area (Å²) < 4.78 is 10.0. The van der Waals surface area contributed by atoms with Gasteiger partial charge in [0, 0.05) is 0 Å². The molecule has 0 bridgehead atoms. The van der Waals surface area contributed by atoms with E-state index in [4.69, 9.17) is 0 Å². The fourth-order valence-electron chi connectivity index (χ4n) is 8.92. The van der Waals surface area contributed by atoms with Crippen molar-refractivity contribution < 1.29 is 0 Å². The van der Waals surface area contributed by atoms with Gasteiger partial charge in [0.1, 0.15) is 0 Å². The van der Waals surface area contributed by atoms with Crippen LogP contribution in [-0.4, -0.2) is 28.2 Å². The van der Waals surface area contributed by atoms with Crippen LogP contribution in [0, 0.1) is 11.3 Å². The zero-order valence-electron chi connectivity index (χ0n) is 28.9. The minimum absolute atomic E-state index is 0.216. The first-order valence-corrected chi connectivity index (χ1v) is 19.9. The zero-order valence-corrected chi connectivity index (χ0v) is 30.6. The summed E-state index contributed by atoms with van der Waals surface area (Å²) in [4.78, 5) is 0. The van der Waals surface area contributed by atoms with Crippen LogP contribution in [0.15, 0.2) is 170 Å². The fraction of sp³-hybridized carbons (Fsp3) is 0. The van der Waals surface area contributed by atoms with Crippen molar-refractivity contribution in [3.8, 4) is 23.1 Å². The molecular weight excluding hydrogens is 724 g/mol. The van der Waals surface area contributed by atoms with E-state index in [0.717, 1.165) is 38.9 Å². The Labute approximate surface area is 315 Å². The van der Waals surface area contributed by atoms with Gasteiger partial charge in [-0.1, -0.05) is 6.07 Å². The summed E-state index contributed by atoms with van der Waals surface area (Å²) in [5.41, 5.74) is 11.2. The quantitative estimate of drug-likeness (QED) is 0.166. The SMILES string of the molecule is N#Cc1ccc2c(c1)c1ccccc1n2-c1ccc2[se]c3ccc(-n4c5ccccc5c5cc6c7ccccc7n(-c7ccccc7)c6cc54)cc3c2c1. The fourth-order valence-corrected chi connectivity index (χ4v) is 11.2. The molecule has 0 saturated heterocycles. The Morgan fingerprint density at radius 3 is 1.35 bits per heavy atom. The first-order chi connectivity index (χ1) is 26.7. The number of aromatic nitrogens is 3. The minimum atomic E-state index is 0.216. The Morgan fingerprint density at radius 2 is 0.796 bits per heavy atom. The maximum atomic E-state index is 9.68. The average molecular weight is 752 g/mol. The second-order valence-electron chi connectivity index (χ2n) is 14.1. The summed E-state index contributed by atoms with van der Waals surface area (Å²) in [7, 11) is 0. The molecule has 12 rings (SSSR count). The van der Waals surface area contributed by atoms with Crippen molar-refractivity contribution >= 4 is 99.2 Å². The number of nitriles is 1. The van der Waals surface area contributed by atoms with Crippen molar-refractivity contribution in [1.82, 2.24) is 13.7 Å². The molecule has 0 fully saturated rings. The molecule has 0 N–H and O–H groups in total. The van der Waals surface area contributed by atoms with Gasteiger partial charge in [0.25, 0.3) is 0 Å². The predicted octanol–water partition coefficient (Wildman–Crippen LogP) is 12.2. The maximum absolute atomic E-state index is 9.68. The Hall–Kier alpha value is -6.83. The molecule has 0 radical (unpaired) electrons. The molecule has 0 saturated carbocycles. The molecule has 0 unspecified atom stereocenters. The van der Waals surface area contributed by atoms with Gasteiger partial charge < -0.3 is 0 Å². The van der Waals surface area contributed by atoms with Crippen molar-refractivity contribution in [2.24, 2.45) is 0 Å². The van der Waals surface area contributed by atoms with E-state index in [2.05, 4.69) is 177 Å². The van der Waals surface area contributed by atoms with E-state index in [-0.39, 0.29) is 14.5 Å². The van der Waals surface area contributed by atoms with Gasteiger partial charge in [-0.15, -0.1) is 0 Å². The number of fused-ring (bicyclic) bond motifs is 12. The Morgan fingerprint density at radius 1 is 0.333 bits per heavy atom. The summed E-state index contributed by atoms with van der Waals surface area (Å²) in [5, 5.41) is 19.6. The van der Waals surface area contributed by atoms with Crippen molar-refractivity contribution in [2.75, 3.05) is 0 Å². The van der Waals surface area contributed by atoms with Crippen LogP contribution in [0.4, 0.5) is 0 Å². The van der Waals surface area contributed by atoms with Gasteiger partial charge in [-0.3, -0.25) is 0 Å². The normalized spacial score (nSPS) is 12.1. The molecule has 0 spiro atoms. The molecule has 4 heterocycles. The number of hydrogen-bond acceptors (Lipinski definition) is 1. The van der Waals surface area contributed by atoms with Crippen LogP contribution in [0.5, 0.6) is 0 Å². The monoisotopic (exact) mass is 752 g/mol. The second kappa shape index (κ2) is 11.1. The first-order valence-electron chi connectivity index (χ1n) is 18.2. The van der Waals surface area contributed by atoms with Gasteiger partial charge in [-0.05, 0) is 0 Å². The third-order valence-corrected chi connectivity index (χ3v) is 13.7. The van der Waals surface area contributed by atoms with Crippen molar-refractivity contribution in [3.63, 3.8) is 0 Å². The molecule has 5 heteroatoms. The Bertz CT molecular complexity index is 3570. The third-order valence-electron chi connectivity index (χ3n) is 11.2. The molecule has 0 amide bonds. The Balaban J connectivity index is 1.12. The van der Waals surface area contributed by atoms with Crippen LogP contribution in [0.3, 0.4) is 0 Å². The number of benzene rings is 8. The van der Waals surface area contributed by atoms with E-state index in [9.17, 15) is 5.26 Å². The third kappa shape index (κ3) is 4.07. The van der Waals surface area contributed by atoms with E-state index < -0.39 is 0 Å². The van der Waals surface area contributed by atoms with Crippen LogP contribution in [0.25, 0.3) is 102 Å². The van der Waals surface area contributed by atoms with Gasteiger partial charge >= 0.3 is 311 Å². The van der Waals surface area contributed by atoms with Crippen molar-refractivity contribution in [1.29, 1.82) is 5.26 Å². The van der Waals surface area contributed by atoms with Gasteiger partial charge in [0.15, 0.2) is 0 Å². The van der Waals surface area contributed by atoms with Crippen molar-refractivity contribution in [2.45, 2.75) is 0 Å².